The molecule has 2 amide bonds. The molecule has 0 aromatic heterocycles. The van der Waals surface area contributed by atoms with Gasteiger partial charge in [-0.05, 0) is 12.1 Å². The molecule has 0 unspecified atom stereocenters. The standard InChI is InChI=1S/C17H15F2N3O4/c1-21(10-12-5-6-13(18)8-15(12)19)16(23)9-20-17(24)11-3-2-4-14(7-11)22(25)26/h2-8H,9-10H2,1H3,(H,20,24). The number of nitro benzene ring substituents is 1. The lowest BCUT2D eigenvalue weighted by molar-refractivity contribution is -0.384. The van der Waals surface area contributed by atoms with E-state index < -0.39 is 28.4 Å². The Morgan fingerprint density at radius 3 is 2.58 bits per heavy atom. The van der Waals surface area contributed by atoms with Crippen molar-refractivity contribution in [1.29, 1.82) is 0 Å². The summed E-state index contributed by atoms with van der Waals surface area (Å²) in [4.78, 5) is 35.3. The Balaban J connectivity index is 1.94. The third-order valence-electron chi connectivity index (χ3n) is 3.57. The molecule has 0 aliphatic heterocycles. The van der Waals surface area contributed by atoms with E-state index in [0.29, 0.717) is 0 Å². The molecule has 0 bridgehead atoms. The van der Waals surface area contributed by atoms with Crippen molar-refractivity contribution in [3.8, 4) is 0 Å². The molecule has 7 nitrogen and oxygen atoms in total. The number of likely N-dealkylation sites (N-methyl/N-ethyl adjacent to an activating group) is 1. The summed E-state index contributed by atoms with van der Waals surface area (Å²) >= 11 is 0. The van der Waals surface area contributed by atoms with Crippen LogP contribution in [0.4, 0.5) is 14.5 Å². The number of nitrogens with one attached hydrogen (secondary N) is 1. The van der Waals surface area contributed by atoms with Gasteiger partial charge >= 0.3 is 0 Å². The number of rotatable bonds is 6. The zero-order valence-corrected chi connectivity index (χ0v) is 13.7. The van der Waals surface area contributed by atoms with Crippen molar-refractivity contribution >= 4 is 17.5 Å². The lowest BCUT2D eigenvalue weighted by atomic mass is 10.2. The van der Waals surface area contributed by atoms with Gasteiger partial charge in [-0.1, -0.05) is 12.1 Å². The maximum absolute atomic E-state index is 13.6. The highest BCUT2D eigenvalue weighted by Gasteiger charge is 2.15. The van der Waals surface area contributed by atoms with Crippen LogP contribution < -0.4 is 5.32 Å². The molecule has 0 saturated heterocycles. The highest BCUT2D eigenvalue weighted by atomic mass is 19.1. The maximum Gasteiger partial charge on any atom is 0.270 e. The number of carbonyl (C=O) groups is 2. The molecule has 9 heteroatoms. The van der Waals surface area contributed by atoms with E-state index in [1.807, 2.05) is 0 Å². The normalized spacial score (nSPS) is 10.3. The van der Waals surface area contributed by atoms with E-state index in [0.717, 1.165) is 18.2 Å². The van der Waals surface area contributed by atoms with Crippen LogP contribution in [0, 0.1) is 21.7 Å². The van der Waals surface area contributed by atoms with Crippen LogP contribution in [0.3, 0.4) is 0 Å². The topological polar surface area (TPSA) is 92.6 Å². The number of hydrogen-bond donors (Lipinski definition) is 1. The average molecular weight is 363 g/mol. The molecule has 0 aliphatic carbocycles. The Labute approximate surface area is 147 Å². The molecular formula is C17H15F2N3O4. The minimum absolute atomic E-state index is 0.0410. The second-order valence-corrected chi connectivity index (χ2v) is 5.48. The van der Waals surface area contributed by atoms with Crippen molar-refractivity contribution in [2.24, 2.45) is 0 Å². The van der Waals surface area contributed by atoms with Gasteiger partial charge in [-0.15, -0.1) is 0 Å². The predicted molar refractivity (Wildman–Crippen MR) is 88.3 cm³/mol. The number of nitrogens with zero attached hydrogens (tertiary/aromatic N) is 2. The van der Waals surface area contributed by atoms with Gasteiger partial charge in [-0.2, -0.15) is 0 Å². The molecule has 0 fully saturated rings. The Morgan fingerprint density at radius 1 is 1.19 bits per heavy atom. The van der Waals surface area contributed by atoms with Gasteiger partial charge in [-0.25, -0.2) is 8.78 Å². The molecule has 2 aromatic rings. The second-order valence-electron chi connectivity index (χ2n) is 5.48. The summed E-state index contributed by atoms with van der Waals surface area (Å²) in [5, 5.41) is 13.1. The van der Waals surface area contributed by atoms with Crippen LogP contribution in [0.5, 0.6) is 0 Å². The van der Waals surface area contributed by atoms with Crippen LogP contribution in [-0.4, -0.2) is 35.2 Å². The van der Waals surface area contributed by atoms with E-state index in [9.17, 15) is 28.5 Å². The summed E-state index contributed by atoms with van der Waals surface area (Å²) in [6.45, 7) is -0.474. The van der Waals surface area contributed by atoms with Gasteiger partial charge in [0.1, 0.15) is 11.6 Å². The smallest absolute Gasteiger partial charge is 0.270 e. The first-order chi connectivity index (χ1) is 12.3. The van der Waals surface area contributed by atoms with Gasteiger partial charge in [-0.3, -0.25) is 19.7 Å². The molecule has 26 heavy (non-hydrogen) atoms. The SMILES string of the molecule is CN(Cc1ccc(F)cc1F)C(=O)CNC(=O)c1cccc([N+](=O)[O-])c1. The van der Waals surface area contributed by atoms with Crippen LogP contribution in [0.15, 0.2) is 42.5 Å². The van der Waals surface area contributed by atoms with E-state index in [-0.39, 0.29) is 29.9 Å². The minimum atomic E-state index is -0.773. The first kappa shape index (κ1) is 19.0. The zero-order valence-electron chi connectivity index (χ0n) is 13.7. The van der Waals surface area contributed by atoms with Crippen LogP contribution in [0.25, 0.3) is 0 Å². The van der Waals surface area contributed by atoms with Crippen LogP contribution in [0.1, 0.15) is 15.9 Å². The number of non-ortho nitro benzene ring substituents is 1. The van der Waals surface area contributed by atoms with Crippen LogP contribution >= 0.6 is 0 Å². The largest absolute Gasteiger partial charge is 0.343 e. The van der Waals surface area contributed by atoms with Gasteiger partial charge in [0, 0.05) is 42.9 Å². The molecular weight excluding hydrogens is 348 g/mol. The van der Waals surface area contributed by atoms with Gasteiger partial charge < -0.3 is 10.2 Å². The summed E-state index contributed by atoms with van der Waals surface area (Å²) in [5.41, 5.74) is -0.0700. The average Bonchev–Trinajstić information content (AvgIpc) is 2.61. The Kier molecular flexibility index (Phi) is 5.94. The van der Waals surface area contributed by atoms with Crippen LogP contribution in [0.2, 0.25) is 0 Å². The predicted octanol–water partition coefficient (Wildman–Crippen LogP) is 2.26. The third kappa shape index (κ3) is 4.82. The Hall–Kier alpha value is -3.36. The lowest BCUT2D eigenvalue weighted by Crippen LogP contribution is -2.38. The van der Waals surface area contributed by atoms with E-state index in [4.69, 9.17) is 0 Å². The molecule has 0 saturated carbocycles. The first-order valence-electron chi connectivity index (χ1n) is 7.48. The van der Waals surface area contributed by atoms with Crippen LogP contribution in [-0.2, 0) is 11.3 Å². The van der Waals surface area contributed by atoms with Gasteiger partial charge in [0.25, 0.3) is 11.6 Å². The summed E-state index contributed by atoms with van der Waals surface area (Å²) in [7, 11) is 1.41. The number of hydrogen-bond acceptors (Lipinski definition) is 4. The summed E-state index contributed by atoms with van der Waals surface area (Å²) in [6.07, 6.45) is 0. The van der Waals surface area contributed by atoms with Crippen molar-refractivity contribution in [3.05, 3.63) is 75.3 Å². The van der Waals surface area contributed by atoms with Gasteiger partial charge in [0.05, 0.1) is 11.5 Å². The zero-order chi connectivity index (χ0) is 19.3. The minimum Gasteiger partial charge on any atom is -0.343 e. The molecule has 0 heterocycles. The van der Waals surface area contributed by atoms with E-state index in [1.54, 1.807) is 0 Å². The molecule has 0 radical (unpaired) electrons. The molecule has 1 N–H and O–H groups in total. The summed E-state index contributed by atoms with van der Waals surface area (Å²) in [6, 6.07) is 8.11. The third-order valence-corrected chi connectivity index (χ3v) is 3.57. The van der Waals surface area contributed by atoms with E-state index in [1.165, 1.54) is 36.2 Å². The van der Waals surface area contributed by atoms with Crippen molar-refractivity contribution in [2.75, 3.05) is 13.6 Å². The number of amides is 2. The number of benzene rings is 2. The fourth-order valence-corrected chi connectivity index (χ4v) is 2.15. The molecule has 0 spiro atoms. The monoisotopic (exact) mass is 363 g/mol. The quantitative estimate of drug-likeness (QED) is 0.629. The summed E-state index contributed by atoms with van der Waals surface area (Å²) in [5.74, 6) is -2.65. The van der Waals surface area contributed by atoms with Crippen molar-refractivity contribution in [1.82, 2.24) is 10.2 Å². The number of nitro groups is 1. The first-order valence-corrected chi connectivity index (χ1v) is 7.48. The molecule has 0 atom stereocenters. The van der Waals surface area contributed by atoms with Gasteiger partial charge in [0.15, 0.2) is 0 Å². The lowest BCUT2D eigenvalue weighted by Gasteiger charge is -2.18. The fourth-order valence-electron chi connectivity index (χ4n) is 2.15. The van der Waals surface area contributed by atoms with Crippen molar-refractivity contribution in [3.63, 3.8) is 0 Å². The second kappa shape index (κ2) is 8.15. The number of carbonyl (C=O) groups excluding carboxylic acids is 2. The molecule has 2 rings (SSSR count). The Bertz CT molecular complexity index is 858. The van der Waals surface area contributed by atoms with E-state index in [2.05, 4.69) is 5.32 Å². The van der Waals surface area contributed by atoms with Gasteiger partial charge in [0.2, 0.25) is 5.91 Å². The molecule has 2 aromatic carbocycles. The Morgan fingerprint density at radius 2 is 1.92 bits per heavy atom. The van der Waals surface area contributed by atoms with Crippen molar-refractivity contribution < 1.29 is 23.3 Å². The molecule has 0 aliphatic rings. The van der Waals surface area contributed by atoms with Crippen molar-refractivity contribution in [2.45, 2.75) is 6.54 Å². The number of halogens is 2. The fraction of sp³-hybridized carbons (Fsp3) is 0.176. The summed E-state index contributed by atoms with van der Waals surface area (Å²) < 4.78 is 26.5. The van der Waals surface area contributed by atoms with E-state index >= 15 is 0 Å². The highest BCUT2D eigenvalue weighted by Crippen LogP contribution is 2.13. The molecule has 136 valence electrons. The maximum atomic E-state index is 13.6. The highest BCUT2D eigenvalue weighted by molar-refractivity contribution is 5.96.